The Morgan fingerprint density at radius 2 is 1.63 bits per heavy atom. The zero-order valence-corrected chi connectivity index (χ0v) is 17.9. The van der Waals surface area contributed by atoms with E-state index in [2.05, 4.69) is 16.0 Å². The Labute approximate surface area is 177 Å². The fraction of sp³-hybridized carbons (Fsp3) is 0.591. The van der Waals surface area contributed by atoms with Gasteiger partial charge in [-0.05, 0) is 69.7 Å². The molecule has 1 aromatic rings. The van der Waals surface area contributed by atoms with Crippen LogP contribution in [0.5, 0.6) is 5.75 Å². The van der Waals surface area contributed by atoms with Crippen LogP contribution < -0.4 is 20.7 Å². The first-order valence-electron chi connectivity index (χ1n) is 10.7. The predicted molar refractivity (Wildman–Crippen MR) is 113 cm³/mol. The Morgan fingerprint density at radius 3 is 2.17 bits per heavy atom. The Hall–Kier alpha value is -2.77. The quantitative estimate of drug-likeness (QED) is 0.632. The summed E-state index contributed by atoms with van der Waals surface area (Å²) < 4.78 is 5.13. The lowest BCUT2D eigenvalue weighted by Crippen LogP contribution is -2.55. The van der Waals surface area contributed by atoms with Crippen molar-refractivity contribution in [1.29, 1.82) is 0 Å². The second-order valence-corrected chi connectivity index (χ2v) is 8.39. The molecule has 4 amide bonds. The first-order valence-corrected chi connectivity index (χ1v) is 10.7. The van der Waals surface area contributed by atoms with E-state index >= 15 is 0 Å². The van der Waals surface area contributed by atoms with Gasteiger partial charge in [0.05, 0.1) is 7.11 Å². The highest BCUT2D eigenvalue weighted by molar-refractivity contribution is 5.97. The van der Waals surface area contributed by atoms with Gasteiger partial charge in [-0.25, -0.2) is 4.79 Å². The van der Waals surface area contributed by atoms with Crippen molar-refractivity contribution in [1.82, 2.24) is 20.9 Å². The standard InChI is InChI=1S/C22H32N4O4/c1-14(2)23-22(29)26-12-10-15(11-13-26)19(21(28)24-17-6-7-17)25-20(27)16-4-8-18(30-3)9-5-16/h4-5,8-9,14-15,17,19H,6-7,10-13H2,1-3H3,(H,23,29)(H,24,28)(H,25,27)/t19-/m1/s1. The maximum absolute atomic E-state index is 12.9. The van der Waals surface area contributed by atoms with Gasteiger partial charge in [0.2, 0.25) is 5.91 Å². The summed E-state index contributed by atoms with van der Waals surface area (Å²) >= 11 is 0. The summed E-state index contributed by atoms with van der Waals surface area (Å²) in [7, 11) is 1.57. The summed E-state index contributed by atoms with van der Waals surface area (Å²) in [6.07, 6.45) is 3.30. The molecule has 0 radical (unpaired) electrons. The maximum atomic E-state index is 12.9. The van der Waals surface area contributed by atoms with E-state index in [1.165, 1.54) is 0 Å². The number of carbonyl (C=O) groups excluding carboxylic acids is 3. The highest BCUT2D eigenvalue weighted by Crippen LogP contribution is 2.24. The third-order valence-electron chi connectivity index (χ3n) is 5.56. The van der Waals surface area contributed by atoms with Crippen LogP contribution in [0.2, 0.25) is 0 Å². The summed E-state index contributed by atoms with van der Waals surface area (Å²) in [5, 5.41) is 8.86. The molecule has 1 saturated heterocycles. The Bertz CT molecular complexity index is 753. The Kier molecular flexibility index (Phi) is 7.18. The first-order chi connectivity index (χ1) is 14.4. The number of hydrogen-bond acceptors (Lipinski definition) is 4. The minimum atomic E-state index is -0.615. The van der Waals surface area contributed by atoms with Crippen molar-refractivity contribution in [2.45, 2.75) is 57.7 Å². The topological polar surface area (TPSA) is 99.8 Å². The van der Waals surface area contributed by atoms with Crippen LogP contribution in [-0.2, 0) is 4.79 Å². The predicted octanol–water partition coefficient (Wildman–Crippen LogP) is 1.90. The molecule has 2 fully saturated rings. The molecule has 1 aliphatic carbocycles. The van der Waals surface area contributed by atoms with Gasteiger partial charge in [0.25, 0.3) is 5.91 Å². The van der Waals surface area contributed by atoms with Gasteiger partial charge in [-0.2, -0.15) is 0 Å². The molecular weight excluding hydrogens is 384 g/mol. The van der Waals surface area contributed by atoms with E-state index < -0.39 is 6.04 Å². The summed E-state index contributed by atoms with van der Waals surface area (Å²) in [5.74, 6) is 0.230. The van der Waals surface area contributed by atoms with Crippen LogP contribution in [0.1, 0.15) is 49.9 Å². The van der Waals surface area contributed by atoms with Crippen LogP contribution in [0.4, 0.5) is 4.79 Å². The molecule has 8 heteroatoms. The number of hydrogen-bond donors (Lipinski definition) is 3. The first kappa shape index (κ1) is 21.9. The number of rotatable bonds is 7. The molecule has 30 heavy (non-hydrogen) atoms. The number of urea groups is 1. The molecule has 0 unspecified atom stereocenters. The normalized spacial score (nSPS) is 17.9. The van der Waals surface area contributed by atoms with Crippen molar-refractivity contribution in [3.63, 3.8) is 0 Å². The van der Waals surface area contributed by atoms with Crippen LogP contribution in [0, 0.1) is 5.92 Å². The van der Waals surface area contributed by atoms with Crippen LogP contribution in [0.15, 0.2) is 24.3 Å². The fourth-order valence-electron chi connectivity index (χ4n) is 3.66. The number of likely N-dealkylation sites (tertiary alicyclic amines) is 1. The molecular formula is C22H32N4O4. The second kappa shape index (κ2) is 9.82. The van der Waals surface area contributed by atoms with Crippen LogP contribution in [0.3, 0.4) is 0 Å². The lowest BCUT2D eigenvalue weighted by Gasteiger charge is -2.36. The molecule has 1 atom stereocenters. The highest BCUT2D eigenvalue weighted by Gasteiger charge is 2.36. The molecule has 3 N–H and O–H groups in total. The van der Waals surface area contributed by atoms with Gasteiger partial charge in [0.15, 0.2) is 0 Å². The summed E-state index contributed by atoms with van der Waals surface area (Å²) in [5.41, 5.74) is 0.480. The van der Waals surface area contributed by atoms with Gasteiger partial charge in [0, 0.05) is 30.7 Å². The average molecular weight is 417 g/mol. The molecule has 0 spiro atoms. The lowest BCUT2D eigenvalue weighted by atomic mass is 9.88. The lowest BCUT2D eigenvalue weighted by molar-refractivity contribution is -0.124. The molecule has 1 heterocycles. The molecule has 0 aromatic heterocycles. The van der Waals surface area contributed by atoms with E-state index in [1.807, 2.05) is 13.8 Å². The zero-order valence-electron chi connectivity index (χ0n) is 17.9. The SMILES string of the molecule is COc1ccc(C(=O)N[C@@H](C(=O)NC2CC2)C2CCN(C(=O)NC(C)C)CC2)cc1. The number of piperidine rings is 1. The van der Waals surface area contributed by atoms with Crippen molar-refractivity contribution < 1.29 is 19.1 Å². The number of benzene rings is 1. The third kappa shape index (κ3) is 5.87. The van der Waals surface area contributed by atoms with Crippen molar-refractivity contribution in [2.75, 3.05) is 20.2 Å². The summed E-state index contributed by atoms with van der Waals surface area (Å²) in [6, 6.07) is 6.41. The highest BCUT2D eigenvalue weighted by atomic mass is 16.5. The molecule has 3 rings (SSSR count). The number of amides is 4. The van der Waals surface area contributed by atoms with Crippen molar-refractivity contribution in [3.05, 3.63) is 29.8 Å². The smallest absolute Gasteiger partial charge is 0.317 e. The largest absolute Gasteiger partial charge is 0.497 e. The van der Waals surface area contributed by atoms with Gasteiger partial charge >= 0.3 is 6.03 Å². The number of carbonyl (C=O) groups is 3. The van der Waals surface area contributed by atoms with E-state index in [-0.39, 0.29) is 35.8 Å². The molecule has 1 aliphatic heterocycles. The van der Waals surface area contributed by atoms with Crippen LogP contribution in [0.25, 0.3) is 0 Å². The van der Waals surface area contributed by atoms with Gasteiger partial charge in [0.1, 0.15) is 11.8 Å². The average Bonchev–Trinajstić information content (AvgIpc) is 3.55. The minimum absolute atomic E-state index is 0.0194. The van der Waals surface area contributed by atoms with Gasteiger partial charge in [-0.3, -0.25) is 9.59 Å². The minimum Gasteiger partial charge on any atom is -0.497 e. The maximum Gasteiger partial charge on any atom is 0.317 e. The van der Waals surface area contributed by atoms with E-state index in [0.717, 1.165) is 12.8 Å². The monoisotopic (exact) mass is 416 g/mol. The van der Waals surface area contributed by atoms with Crippen molar-refractivity contribution in [2.24, 2.45) is 5.92 Å². The summed E-state index contributed by atoms with van der Waals surface area (Å²) in [6.45, 7) is 4.98. The van der Waals surface area contributed by atoms with Gasteiger partial charge in [-0.1, -0.05) is 0 Å². The van der Waals surface area contributed by atoms with E-state index in [4.69, 9.17) is 4.74 Å². The van der Waals surface area contributed by atoms with Crippen LogP contribution in [-0.4, -0.2) is 61.1 Å². The fourth-order valence-corrected chi connectivity index (χ4v) is 3.66. The summed E-state index contributed by atoms with van der Waals surface area (Å²) in [4.78, 5) is 39.7. The molecule has 1 aromatic carbocycles. The molecule has 1 saturated carbocycles. The number of ether oxygens (including phenoxy) is 1. The number of nitrogens with one attached hydrogen (secondary N) is 3. The van der Waals surface area contributed by atoms with E-state index in [9.17, 15) is 14.4 Å². The third-order valence-corrected chi connectivity index (χ3v) is 5.56. The molecule has 8 nitrogen and oxygen atoms in total. The van der Waals surface area contributed by atoms with Crippen molar-refractivity contribution in [3.8, 4) is 5.75 Å². The van der Waals surface area contributed by atoms with Gasteiger partial charge in [-0.15, -0.1) is 0 Å². The second-order valence-electron chi connectivity index (χ2n) is 8.39. The molecule has 2 aliphatic rings. The molecule has 164 valence electrons. The number of nitrogens with zero attached hydrogens (tertiary/aromatic N) is 1. The Morgan fingerprint density at radius 1 is 1.00 bits per heavy atom. The van der Waals surface area contributed by atoms with E-state index in [1.54, 1.807) is 36.3 Å². The number of methoxy groups -OCH3 is 1. The van der Waals surface area contributed by atoms with Crippen LogP contribution >= 0.6 is 0 Å². The molecule has 0 bridgehead atoms. The van der Waals surface area contributed by atoms with E-state index in [0.29, 0.717) is 37.2 Å². The van der Waals surface area contributed by atoms with Gasteiger partial charge < -0.3 is 25.6 Å². The van der Waals surface area contributed by atoms with Crippen molar-refractivity contribution >= 4 is 17.8 Å². The Balaban J connectivity index is 1.64. The zero-order chi connectivity index (χ0) is 21.7.